The van der Waals surface area contributed by atoms with E-state index >= 15 is 0 Å². The molecule has 0 spiro atoms. The van der Waals surface area contributed by atoms with Gasteiger partial charge in [0.05, 0.1) is 24.7 Å². The maximum absolute atomic E-state index is 5.46. The first-order valence-electron chi connectivity index (χ1n) is 10.0. The number of hydrogen-bond donors (Lipinski definition) is 1. The molecule has 0 saturated heterocycles. The summed E-state index contributed by atoms with van der Waals surface area (Å²) in [4.78, 5) is 18.1. The van der Waals surface area contributed by atoms with Crippen LogP contribution in [0.2, 0.25) is 0 Å². The Kier molecular flexibility index (Phi) is 5.48. The van der Waals surface area contributed by atoms with Crippen molar-refractivity contribution in [3.05, 3.63) is 41.6 Å². The number of nitrogens with one attached hydrogen (secondary N) is 1. The molecule has 1 N–H and O–H groups in total. The van der Waals surface area contributed by atoms with Gasteiger partial charge in [-0.05, 0) is 13.8 Å². The van der Waals surface area contributed by atoms with Gasteiger partial charge in [-0.25, -0.2) is 24.6 Å². The number of rotatable bonds is 6. The third-order valence-corrected chi connectivity index (χ3v) is 5.48. The molecule has 0 aromatic carbocycles. The van der Waals surface area contributed by atoms with Gasteiger partial charge in [-0.2, -0.15) is 5.10 Å². The molecule has 31 heavy (non-hydrogen) atoms. The highest BCUT2D eigenvalue weighted by molar-refractivity contribution is 7.14. The minimum absolute atomic E-state index is 0.0213. The largest absolute Gasteiger partial charge is 0.478 e. The average molecular weight is 439 g/mol. The molecule has 0 aliphatic carbocycles. The number of anilines is 2. The molecule has 162 valence electrons. The lowest BCUT2D eigenvalue weighted by atomic mass is 9.92. The third kappa shape index (κ3) is 4.29. The molecular weight excluding hydrogens is 412 g/mol. The number of aryl methyl sites for hydroxylation is 2. The summed E-state index contributed by atoms with van der Waals surface area (Å²) in [5.41, 5.74) is 3.28. The van der Waals surface area contributed by atoms with Crippen molar-refractivity contribution in [3.63, 3.8) is 0 Å². The van der Waals surface area contributed by atoms with Crippen molar-refractivity contribution in [1.82, 2.24) is 34.3 Å². The van der Waals surface area contributed by atoms with Crippen LogP contribution < -0.4 is 10.1 Å². The molecule has 0 fully saturated rings. The molecular formula is C21H26N8OS. The number of hydrogen-bond acceptors (Lipinski definition) is 8. The molecule has 9 nitrogen and oxygen atoms in total. The Labute approximate surface area is 185 Å². The smallest absolute Gasteiger partial charge is 0.258 e. The van der Waals surface area contributed by atoms with Gasteiger partial charge in [-0.15, -0.1) is 11.3 Å². The average Bonchev–Trinajstić information content (AvgIpc) is 3.47. The van der Waals surface area contributed by atoms with Crippen LogP contribution >= 0.6 is 11.3 Å². The van der Waals surface area contributed by atoms with E-state index in [0.717, 1.165) is 34.6 Å². The zero-order chi connectivity index (χ0) is 22.2. The quantitative estimate of drug-likeness (QED) is 0.478. The Hall–Kier alpha value is -3.27. The van der Waals surface area contributed by atoms with Crippen LogP contribution in [0.1, 0.15) is 39.1 Å². The third-order valence-electron chi connectivity index (χ3n) is 4.72. The van der Waals surface area contributed by atoms with E-state index in [9.17, 15) is 0 Å². The molecule has 0 atom stereocenters. The number of thiazole rings is 1. The summed E-state index contributed by atoms with van der Waals surface area (Å²) in [7, 11) is 1.58. The topological polar surface area (TPSA) is 95.6 Å². The van der Waals surface area contributed by atoms with Gasteiger partial charge in [0.25, 0.3) is 5.88 Å². The molecule has 10 heteroatoms. The SMILES string of the molecule is CCn1nc(C(C)(C)C)cc1Nc1nc(-c2cnc(-n3cnc(C)c3)c(OC)n2)cs1. The summed E-state index contributed by atoms with van der Waals surface area (Å²) in [5, 5.41) is 10.8. The van der Waals surface area contributed by atoms with Crippen molar-refractivity contribution in [2.24, 2.45) is 0 Å². The predicted molar refractivity (Wildman–Crippen MR) is 121 cm³/mol. The monoisotopic (exact) mass is 438 g/mol. The first-order chi connectivity index (χ1) is 14.8. The van der Waals surface area contributed by atoms with Crippen molar-refractivity contribution in [3.8, 4) is 23.1 Å². The van der Waals surface area contributed by atoms with Crippen LogP contribution in [0.15, 0.2) is 30.2 Å². The molecule has 0 radical (unpaired) electrons. The van der Waals surface area contributed by atoms with Crippen molar-refractivity contribution in [1.29, 1.82) is 0 Å². The second kappa shape index (κ2) is 8.10. The maximum atomic E-state index is 5.46. The first-order valence-corrected chi connectivity index (χ1v) is 10.9. The predicted octanol–water partition coefficient (Wildman–Crippen LogP) is 4.36. The van der Waals surface area contributed by atoms with Crippen LogP contribution in [0, 0.1) is 6.92 Å². The van der Waals surface area contributed by atoms with Crippen LogP contribution in [0.25, 0.3) is 17.2 Å². The summed E-state index contributed by atoms with van der Waals surface area (Å²) in [5.74, 6) is 1.92. The van der Waals surface area contributed by atoms with Crippen LogP contribution in [-0.2, 0) is 12.0 Å². The number of aromatic nitrogens is 7. The fourth-order valence-electron chi connectivity index (χ4n) is 3.02. The van der Waals surface area contributed by atoms with Crippen LogP contribution in [0.5, 0.6) is 5.88 Å². The fourth-order valence-corrected chi connectivity index (χ4v) is 3.73. The summed E-state index contributed by atoms with van der Waals surface area (Å²) in [6.07, 6.45) is 5.26. The van der Waals surface area contributed by atoms with Gasteiger partial charge in [0.15, 0.2) is 5.13 Å². The highest BCUT2D eigenvalue weighted by Gasteiger charge is 2.20. The zero-order valence-electron chi connectivity index (χ0n) is 18.5. The Morgan fingerprint density at radius 2 is 1.97 bits per heavy atom. The minimum atomic E-state index is -0.0213. The maximum Gasteiger partial charge on any atom is 0.258 e. The molecule has 4 aromatic rings. The van der Waals surface area contributed by atoms with E-state index in [1.165, 1.54) is 11.3 Å². The van der Waals surface area contributed by atoms with Crippen molar-refractivity contribution < 1.29 is 4.74 Å². The molecule has 0 amide bonds. The molecule has 4 heterocycles. The van der Waals surface area contributed by atoms with E-state index in [1.54, 1.807) is 24.2 Å². The van der Waals surface area contributed by atoms with Crippen molar-refractivity contribution >= 4 is 22.3 Å². The molecule has 4 rings (SSSR count). The van der Waals surface area contributed by atoms with Gasteiger partial charge in [0.1, 0.15) is 23.5 Å². The van der Waals surface area contributed by atoms with E-state index in [-0.39, 0.29) is 5.41 Å². The molecule has 0 bridgehead atoms. The van der Waals surface area contributed by atoms with E-state index in [4.69, 9.17) is 14.8 Å². The number of imidazole rings is 1. The van der Waals surface area contributed by atoms with Crippen LogP contribution in [0.3, 0.4) is 0 Å². The molecule has 0 saturated carbocycles. The van der Waals surface area contributed by atoms with Crippen LogP contribution in [0.4, 0.5) is 10.9 Å². The Morgan fingerprint density at radius 1 is 1.16 bits per heavy atom. The molecule has 0 aliphatic rings. The Balaban J connectivity index is 1.60. The number of nitrogens with zero attached hydrogens (tertiary/aromatic N) is 7. The van der Waals surface area contributed by atoms with E-state index in [1.807, 2.05) is 23.2 Å². The Bertz CT molecular complexity index is 1200. The second-order valence-corrected chi connectivity index (χ2v) is 9.01. The van der Waals surface area contributed by atoms with Gasteiger partial charge >= 0.3 is 0 Å². The van der Waals surface area contributed by atoms with Crippen molar-refractivity contribution in [2.45, 2.75) is 46.6 Å². The lowest BCUT2D eigenvalue weighted by Gasteiger charge is -2.13. The van der Waals surface area contributed by atoms with Gasteiger partial charge in [0.2, 0.25) is 5.82 Å². The Morgan fingerprint density at radius 3 is 2.61 bits per heavy atom. The van der Waals surface area contributed by atoms with Gasteiger partial charge in [-0.1, -0.05) is 20.8 Å². The summed E-state index contributed by atoms with van der Waals surface area (Å²) < 4.78 is 9.20. The first kappa shape index (κ1) is 21.0. The van der Waals surface area contributed by atoms with E-state index in [2.05, 4.69) is 54.0 Å². The lowest BCUT2D eigenvalue weighted by Crippen LogP contribution is -2.12. The van der Waals surface area contributed by atoms with E-state index in [0.29, 0.717) is 17.4 Å². The van der Waals surface area contributed by atoms with Gasteiger partial charge in [-0.3, -0.25) is 4.57 Å². The van der Waals surface area contributed by atoms with E-state index < -0.39 is 0 Å². The molecule has 0 unspecified atom stereocenters. The lowest BCUT2D eigenvalue weighted by molar-refractivity contribution is 0.394. The highest BCUT2D eigenvalue weighted by Crippen LogP contribution is 2.30. The fraction of sp³-hybridized carbons (Fsp3) is 0.381. The minimum Gasteiger partial charge on any atom is -0.478 e. The summed E-state index contributed by atoms with van der Waals surface area (Å²) in [6.45, 7) is 11.2. The second-order valence-electron chi connectivity index (χ2n) is 8.15. The molecule has 0 aliphatic heterocycles. The summed E-state index contributed by atoms with van der Waals surface area (Å²) >= 11 is 1.51. The van der Waals surface area contributed by atoms with Gasteiger partial charge in [0, 0.05) is 29.6 Å². The molecule has 4 aromatic heterocycles. The van der Waals surface area contributed by atoms with Crippen molar-refractivity contribution in [2.75, 3.05) is 12.4 Å². The summed E-state index contributed by atoms with van der Waals surface area (Å²) in [6, 6.07) is 2.08. The standard InChI is InChI=1S/C21H26N8OS/c1-7-29-17(8-16(27-29)21(3,4)5)26-20-25-15(11-31-20)14-9-22-18(19(24-14)30-6)28-10-13(2)23-12-28/h8-12H,7H2,1-6H3,(H,25,26). The number of ether oxygens (including phenoxy) is 1. The zero-order valence-corrected chi connectivity index (χ0v) is 19.4. The van der Waals surface area contributed by atoms with Crippen LogP contribution in [-0.4, -0.2) is 41.4 Å². The van der Waals surface area contributed by atoms with Gasteiger partial charge < -0.3 is 10.1 Å². The number of methoxy groups -OCH3 is 1. The normalized spacial score (nSPS) is 11.7. The highest BCUT2D eigenvalue weighted by atomic mass is 32.1.